The molecule has 0 aliphatic carbocycles. The molecular formula is C17H20N2O5. The van der Waals surface area contributed by atoms with E-state index < -0.39 is 5.97 Å². The second-order valence-corrected chi connectivity index (χ2v) is 4.83. The maximum atomic E-state index is 11.7. The molecule has 7 nitrogen and oxygen atoms in total. The number of carbonyl (C=O) groups is 1. The molecule has 0 unspecified atom stereocenters. The van der Waals surface area contributed by atoms with E-state index in [9.17, 15) is 4.79 Å². The Morgan fingerprint density at radius 1 is 1.00 bits per heavy atom. The van der Waals surface area contributed by atoms with Gasteiger partial charge in [0.15, 0.2) is 0 Å². The number of anilines is 2. The Balaban J connectivity index is 2.43. The number of hydrogen-bond acceptors (Lipinski definition) is 7. The zero-order valence-electron chi connectivity index (χ0n) is 14.3. The summed E-state index contributed by atoms with van der Waals surface area (Å²) in [5.41, 5.74) is 1.05. The molecule has 0 radical (unpaired) electrons. The summed E-state index contributed by atoms with van der Waals surface area (Å²) in [6, 6.07) is 7.14. The molecule has 1 heterocycles. The highest BCUT2D eigenvalue weighted by atomic mass is 16.5. The molecule has 0 atom stereocenters. The molecule has 0 bridgehead atoms. The first-order valence-corrected chi connectivity index (χ1v) is 7.13. The van der Waals surface area contributed by atoms with E-state index in [-0.39, 0.29) is 5.56 Å². The number of methoxy groups -OCH3 is 4. The highest BCUT2D eigenvalue weighted by Gasteiger charge is 2.18. The summed E-state index contributed by atoms with van der Waals surface area (Å²) < 4.78 is 20.6. The average Bonchev–Trinajstić information content (AvgIpc) is 2.65. The smallest absolute Gasteiger partial charge is 0.343 e. The summed E-state index contributed by atoms with van der Waals surface area (Å²) in [6.45, 7) is 0. The molecule has 0 aliphatic rings. The highest BCUT2D eigenvalue weighted by Crippen LogP contribution is 2.36. The lowest BCUT2D eigenvalue weighted by molar-refractivity contribution is 0.0596. The quantitative estimate of drug-likeness (QED) is 0.753. The molecule has 0 amide bonds. The summed E-state index contributed by atoms with van der Waals surface area (Å²) >= 11 is 0. The average molecular weight is 332 g/mol. The van der Waals surface area contributed by atoms with E-state index in [4.69, 9.17) is 18.9 Å². The van der Waals surface area contributed by atoms with E-state index in [0.29, 0.717) is 23.1 Å². The lowest BCUT2D eigenvalue weighted by Gasteiger charge is -2.22. The normalized spacial score (nSPS) is 10.0. The minimum absolute atomic E-state index is 0.263. The van der Waals surface area contributed by atoms with Crippen LogP contribution in [0.15, 0.2) is 30.5 Å². The Morgan fingerprint density at radius 2 is 1.71 bits per heavy atom. The fourth-order valence-corrected chi connectivity index (χ4v) is 2.23. The molecule has 2 aromatic rings. The van der Waals surface area contributed by atoms with Gasteiger partial charge in [0.05, 0.1) is 34.1 Å². The van der Waals surface area contributed by atoms with E-state index >= 15 is 0 Å². The Morgan fingerprint density at radius 3 is 2.29 bits per heavy atom. The lowest BCUT2D eigenvalue weighted by atomic mass is 10.2. The number of ether oxygens (including phenoxy) is 4. The molecular weight excluding hydrogens is 312 g/mol. The second-order valence-electron chi connectivity index (χ2n) is 4.83. The molecule has 0 N–H and O–H groups in total. The van der Waals surface area contributed by atoms with Gasteiger partial charge in [0.25, 0.3) is 0 Å². The van der Waals surface area contributed by atoms with Crippen LogP contribution in [0.4, 0.5) is 11.5 Å². The van der Waals surface area contributed by atoms with E-state index in [1.54, 1.807) is 26.4 Å². The Labute approximate surface area is 140 Å². The Kier molecular flexibility index (Phi) is 5.47. The van der Waals surface area contributed by atoms with Crippen LogP contribution in [0, 0.1) is 0 Å². The number of aromatic nitrogens is 1. The van der Waals surface area contributed by atoms with Gasteiger partial charge in [-0.15, -0.1) is 0 Å². The third-order valence-electron chi connectivity index (χ3n) is 3.57. The second kappa shape index (κ2) is 7.54. The zero-order chi connectivity index (χ0) is 17.7. The van der Waals surface area contributed by atoms with Crippen molar-refractivity contribution in [2.24, 2.45) is 0 Å². The van der Waals surface area contributed by atoms with Crippen molar-refractivity contribution in [3.05, 3.63) is 36.0 Å². The van der Waals surface area contributed by atoms with E-state index in [0.717, 1.165) is 5.69 Å². The maximum Gasteiger partial charge on any atom is 0.343 e. The van der Waals surface area contributed by atoms with Crippen LogP contribution in [-0.4, -0.2) is 46.4 Å². The number of hydrogen-bond donors (Lipinski definition) is 0. The summed E-state index contributed by atoms with van der Waals surface area (Å²) in [5, 5.41) is 0. The standard InChI is InChI=1S/C17H20N2O5/c1-19(13-7-6-11(21-2)8-15(13)23-4)16-9-14(22-3)12(10-18-16)17(20)24-5/h6-10H,1-5H3. The van der Waals surface area contributed by atoms with Gasteiger partial charge in [0.1, 0.15) is 28.6 Å². The number of nitrogens with zero attached hydrogens (tertiary/aromatic N) is 2. The fourth-order valence-electron chi connectivity index (χ4n) is 2.23. The van der Waals surface area contributed by atoms with Crippen molar-refractivity contribution in [2.45, 2.75) is 0 Å². The molecule has 1 aromatic carbocycles. The van der Waals surface area contributed by atoms with Gasteiger partial charge >= 0.3 is 5.97 Å². The first-order valence-electron chi connectivity index (χ1n) is 7.13. The largest absolute Gasteiger partial charge is 0.497 e. The molecule has 24 heavy (non-hydrogen) atoms. The van der Waals surface area contributed by atoms with Gasteiger partial charge in [-0.25, -0.2) is 9.78 Å². The molecule has 0 fully saturated rings. The van der Waals surface area contributed by atoms with Crippen molar-refractivity contribution in [3.8, 4) is 17.2 Å². The van der Waals surface area contributed by atoms with Gasteiger partial charge in [-0.1, -0.05) is 0 Å². The zero-order valence-corrected chi connectivity index (χ0v) is 14.3. The number of pyridine rings is 1. The van der Waals surface area contributed by atoms with Crippen molar-refractivity contribution in [2.75, 3.05) is 40.4 Å². The number of benzene rings is 1. The Bertz CT molecular complexity index is 733. The van der Waals surface area contributed by atoms with Gasteiger partial charge in [0, 0.05) is 25.4 Å². The van der Waals surface area contributed by atoms with Crippen LogP contribution in [0.5, 0.6) is 17.2 Å². The van der Waals surface area contributed by atoms with Crippen LogP contribution < -0.4 is 19.1 Å². The molecule has 7 heteroatoms. The predicted octanol–water partition coefficient (Wildman–Crippen LogP) is 2.66. The summed E-state index contributed by atoms with van der Waals surface area (Å²) in [5.74, 6) is 1.79. The van der Waals surface area contributed by atoms with Crippen LogP contribution in [0.2, 0.25) is 0 Å². The highest BCUT2D eigenvalue weighted by molar-refractivity contribution is 5.92. The van der Waals surface area contributed by atoms with Crippen LogP contribution in [0.3, 0.4) is 0 Å². The molecule has 0 spiro atoms. The van der Waals surface area contributed by atoms with Gasteiger partial charge < -0.3 is 23.8 Å². The minimum atomic E-state index is -0.504. The molecule has 0 aliphatic heterocycles. The van der Waals surface area contributed by atoms with Gasteiger partial charge in [-0.2, -0.15) is 0 Å². The molecule has 1 aromatic heterocycles. The first-order chi connectivity index (χ1) is 11.5. The van der Waals surface area contributed by atoms with Crippen molar-refractivity contribution in [1.29, 1.82) is 0 Å². The number of esters is 1. The maximum absolute atomic E-state index is 11.7. The number of carbonyl (C=O) groups excluding carboxylic acids is 1. The van der Waals surface area contributed by atoms with Gasteiger partial charge in [0.2, 0.25) is 0 Å². The SMILES string of the molecule is COC(=O)c1cnc(N(C)c2ccc(OC)cc2OC)cc1OC. The summed E-state index contributed by atoms with van der Waals surface area (Å²) in [6.07, 6.45) is 1.42. The van der Waals surface area contributed by atoms with Crippen LogP contribution in [-0.2, 0) is 4.74 Å². The van der Waals surface area contributed by atoms with Crippen LogP contribution in [0.25, 0.3) is 0 Å². The van der Waals surface area contributed by atoms with Crippen molar-refractivity contribution in [3.63, 3.8) is 0 Å². The van der Waals surface area contributed by atoms with Crippen LogP contribution >= 0.6 is 0 Å². The van der Waals surface area contributed by atoms with Crippen molar-refractivity contribution >= 4 is 17.5 Å². The third kappa shape index (κ3) is 3.34. The lowest BCUT2D eigenvalue weighted by Crippen LogP contribution is -2.14. The van der Waals surface area contributed by atoms with E-state index in [1.807, 2.05) is 24.1 Å². The van der Waals surface area contributed by atoms with Crippen molar-refractivity contribution in [1.82, 2.24) is 4.98 Å². The van der Waals surface area contributed by atoms with Gasteiger partial charge in [-0.3, -0.25) is 0 Å². The third-order valence-corrected chi connectivity index (χ3v) is 3.57. The van der Waals surface area contributed by atoms with Crippen LogP contribution in [0.1, 0.15) is 10.4 Å². The summed E-state index contributed by atoms with van der Waals surface area (Å²) in [7, 11) is 7.81. The minimum Gasteiger partial charge on any atom is -0.497 e. The topological polar surface area (TPSA) is 70.1 Å². The first kappa shape index (κ1) is 17.4. The fraction of sp³-hybridized carbons (Fsp3) is 0.294. The molecule has 0 saturated carbocycles. The van der Waals surface area contributed by atoms with Crippen molar-refractivity contribution < 1.29 is 23.7 Å². The molecule has 128 valence electrons. The molecule has 2 rings (SSSR count). The monoisotopic (exact) mass is 332 g/mol. The molecule has 0 saturated heterocycles. The predicted molar refractivity (Wildman–Crippen MR) is 89.7 cm³/mol. The number of rotatable bonds is 6. The Hall–Kier alpha value is -2.96. The summed E-state index contributed by atoms with van der Waals surface area (Å²) in [4.78, 5) is 17.9. The van der Waals surface area contributed by atoms with E-state index in [2.05, 4.69) is 4.98 Å². The van der Waals surface area contributed by atoms with E-state index in [1.165, 1.54) is 20.4 Å². The van der Waals surface area contributed by atoms with Gasteiger partial charge in [-0.05, 0) is 12.1 Å².